The smallest absolute Gasteiger partial charge is 0.276 e. The van der Waals surface area contributed by atoms with Gasteiger partial charge in [-0.3, -0.25) is 20.4 Å². The van der Waals surface area contributed by atoms with E-state index < -0.39 is 11.8 Å². The van der Waals surface area contributed by atoms with E-state index in [1.54, 1.807) is 36.4 Å². The summed E-state index contributed by atoms with van der Waals surface area (Å²) in [4.78, 5) is 24.5. The number of hydrogen-bond acceptors (Lipinski definition) is 4. The highest BCUT2D eigenvalue weighted by Gasteiger charge is 2.13. The molecule has 0 aliphatic carbocycles. The van der Waals surface area contributed by atoms with Crippen LogP contribution in [0.2, 0.25) is 0 Å². The van der Waals surface area contributed by atoms with Crippen LogP contribution < -0.4 is 20.3 Å². The molecule has 2 amide bonds. The average molecular weight is 548 g/mol. The molecule has 0 radical (unpaired) electrons. The molecule has 0 aromatic heterocycles. The van der Waals surface area contributed by atoms with E-state index in [1.807, 2.05) is 36.4 Å². The van der Waals surface area contributed by atoms with Crippen molar-refractivity contribution in [2.75, 3.05) is 13.2 Å². The zero-order chi connectivity index (χ0) is 22.1. The van der Waals surface area contributed by atoms with E-state index in [4.69, 9.17) is 9.47 Å². The van der Waals surface area contributed by atoms with E-state index in [0.29, 0.717) is 28.1 Å². The number of halogens is 2. The second-order valence-electron chi connectivity index (χ2n) is 6.45. The van der Waals surface area contributed by atoms with E-state index in [1.165, 1.54) is 0 Å². The second-order valence-corrected chi connectivity index (χ2v) is 8.22. The van der Waals surface area contributed by atoms with E-state index in [-0.39, 0.29) is 6.61 Å². The first-order valence-electron chi connectivity index (χ1n) is 9.45. The lowest BCUT2D eigenvalue weighted by atomic mass is 10.1. The predicted octanol–water partition coefficient (Wildman–Crippen LogP) is 4.67. The molecule has 31 heavy (non-hydrogen) atoms. The first-order chi connectivity index (χ1) is 15.0. The third-order valence-corrected chi connectivity index (χ3v) is 5.30. The van der Waals surface area contributed by atoms with Gasteiger partial charge in [-0.25, -0.2) is 0 Å². The number of carbonyl (C=O) groups excluding carboxylic acids is 2. The summed E-state index contributed by atoms with van der Waals surface area (Å²) in [6.07, 6.45) is 0.719. The maximum Gasteiger partial charge on any atom is 0.276 e. The van der Waals surface area contributed by atoms with Gasteiger partial charge in [0.05, 0.1) is 16.6 Å². The van der Waals surface area contributed by atoms with Gasteiger partial charge in [0.1, 0.15) is 11.5 Å². The number of carbonyl (C=O) groups is 2. The maximum absolute atomic E-state index is 12.5. The normalized spacial score (nSPS) is 10.3. The number of hydrazine groups is 1. The van der Waals surface area contributed by atoms with Gasteiger partial charge in [0.25, 0.3) is 11.8 Å². The van der Waals surface area contributed by atoms with Crippen LogP contribution in [0.4, 0.5) is 0 Å². The molecule has 0 aliphatic rings. The summed E-state index contributed by atoms with van der Waals surface area (Å²) in [5, 5.41) is 0. The molecule has 160 valence electrons. The molecular weight excluding hydrogens is 528 g/mol. The Morgan fingerprint density at radius 3 is 2.32 bits per heavy atom. The van der Waals surface area contributed by atoms with Crippen molar-refractivity contribution in [1.82, 2.24) is 10.9 Å². The van der Waals surface area contributed by atoms with Gasteiger partial charge in [-0.1, -0.05) is 58.4 Å². The van der Waals surface area contributed by atoms with E-state index in [2.05, 4.69) is 42.7 Å². The molecule has 0 aliphatic heterocycles. The Bertz CT molecular complexity index is 1040. The Morgan fingerprint density at radius 2 is 1.55 bits per heavy atom. The van der Waals surface area contributed by atoms with Gasteiger partial charge in [-0.2, -0.15) is 0 Å². The summed E-state index contributed by atoms with van der Waals surface area (Å²) in [6, 6.07) is 22.1. The van der Waals surface area contributed by atoms with Crippen LogP contribution in [0.5, 0.6) is 11.5 Å². The maximum atomic E-state index is 12.5. The molecule has 3 aromatic carbocycles. The molecule has 6 nitrogen and oxygen atoms in total. The Labute approximate surface area is 197 Å². The second kappa shape index (κ2) is 11.5. The fraction of sp³-hybridized carbons (Fsp3) is 0.130. The lowest BCUT2D eigenvalue weighted by molar-refractivity contribution is -0.123. The minimum Gasteiger partial charge on any atom is -0.492 e. The molecule has 0 unspecified atom stereocenters. The van der Waals surface area contributed by atoms with Crippen molar-refractivity contribution >= 4 is 43.7 Å². The minimum atomic E-state index is -0.495. The van der Waals surface area contributed by atoms with Gasteiger partial charge >= 0.3 is 0 Å². The molecule has 3 rings (SSSR count). The quantitative estimate of drug-likeness (QED) is 0.402. The molecular formula is C23H20Br2N2O4. The Hall–Kier alpha value is -2.84. The predicted molar refractivity (Wildman–Crippen MR) is 125 cm³/mol. The number of para-hydroxylation sites is 1. The molecule has 3 aromatic rings. The Balaban J connectivity index is 1.49. The molecule has 0 spiro atoms. The highest BCUT2D eigenvalue weighted by molar-refractivity contribution is 9.11. The lowest BCUT2D eigenvalue weighted by Gasteiger charge is -2.13. The van der Waals surface area contributed by atoms with Gasteiger partial charge in [0.2, 0.25) is 0 Å². The van der Waals surface area contributed by atoms with Crippen LogP contribution in [0.15, 0.2) is 81.7 Å². The first kappa shape index (κ1) is 22.8. The number of benzene rings is 3. The van der Waals surface area contributed by atoms with Gasteiger partial charge in [0, 0.05) is 10.9 Å². The first-order valence-corrected chi connectivity index (χ1v) is 11.0. The van der Waals surface area contributed by atoms with Crippen LogP contribution in [0.1, 0.15) is 15.9 Å². The van der Waals surface area contributed by atoms with Crippen molar-refractivity contribution in [3.05, 3.63) is 92.9 Å². The van der Waals surface area contributed by atoms with Gasteiger partial charge in [-0.15, -0.1) is 0 Å². The van der Waals surface area contributed by atoms with Crippen LogP contribution in [-0.4, -0.2) is 25.0 Å². The van der Waals surface area contributed by atoms with E-state index >= 15 is 0 Å². The largest absolute Gasteiger partial charge is 0.492 e. The molecule has 0 saturated heterocycles. The third kappa shape index (κ3) is 7.11. The Kier molecular flexibility index (Phi) is 8.49. The summed E-state index contributed by atoms with van der Waals surface area (Å²) in [6.45, 7) is 0.173. The van der Waals surface area contributed by atoms with Crippen LogP contribution in [-0.2, 0) is 11.2 Å². The van der Waals surface area contributed by atoms with Crippen molar-refractivity contribution in [2.24, 2.45) is 0 Å². The number of rotatable bonds is 8. The van der Waals surface area contributed by atoms with Crippen LogP contribution in [0, 0.1) is 0 Å². The van der Waals surface area contributed by atoms with Gasteiger partial charge < -0.3 is 9.47 Å². The molecule has 0 atom stereocenters. The molecule has 0 bridgehead atoms. The summed E-state index contributed by atoms with van der Waals surface area (Å²) in [7, 11) is 0. The van der Waals surface area contributed by atoms with Crippen LogP contribution in [0.25, 0.3) is 0 Å². The summed E-state index contributed by atoms with van der Waals surface area (Å²) < 4.78 is 12.8. The lowest BCUT2D eigenvalue weighted by Crippen LogP contribution is -2.44. The summed E-state index contributed by atoms with van der Waals surface area (Å²) >= 11 is 6.71. The molecule has 0 saturated carbocycles. The summed E-state index contributed by atoms with van der Waals surface area (Å²) in [5.74, 6) is -0.0128. The van der Waals surface area contributed by atoms with Crippen molar-refractivity contribution in [1.29, 1.82) is 0 Å². The molecule has 8 heteroatoms. The number of nitrogens with one attached hydrogen (secondary N) is 2. The van der Waals surface area contributed by atoms with Gasteiger partial charge in [0.15, 0.2) is 6.61 Å². The van der Waals surface area contributed by atoms with Crippen molar-refractivity contribution in [3.63, 3.8) is 0 Å². The topological polar surface area (TPSA) is 76.7 Å². The standard InChI is InChI=1S/C23H20Br2N2O4/c24-17-10-11-21(19(25)14-17)31-15-22(28)26-27-23(29)18-8-4-5-9-20(18)30-13-12-16-6-2-1-3-7-16/h1-11,14H,12-13,15H2,(H,26,28)(H,27,29). The van der Waals surface area contributed by atoms with E-state index in [0.717, 1.165) is 16.5 Å². The van der Waals surface area contributed by atoms with Crippen molar-refractivity contribution in [3.8, 4) is 11.5 Å². The zero-order valence-corrected chi connectivity index (χ0v) is 19.6. The average Bonchev–Trinajstić information content (AvgIpc) is 2.78. The van der Waals surface area contributed by atoms with Crippen molar-refractivity contribution < 1.29 is 19.1 Å². The van der Waals surface area contributed by atoms with Crippen LogP contribution >= 0.6 is 31.9 Å². The zero-order valence-electron chi connectivity index (χ0n) is 16.4. The minimum absolute atomic E-state index is 0.254. The highest BCUT2D eigenvalue weighted by Crippen LogP contribution is 2.28. The fourth-order valence-corrected chi connectivity index (χ4v) is 3.83. The monoisotopic (exact) mass is 546 g/mol. The Morgan fingerprint density at radius 1 is 0.806 bits per heavy atom. The molecule has 2 N–H and O–H groups in total. The summed E-state index contributed by atoms with van der Waals surface area (Å²) in [5.41, 5.74) is 6.21. The van der Waals surface area contributed by atoms with Crippen LogP contribution in [0.3, 0.4) is 0 Å². The van der Waals surface area contributed by atoms with Gasteiger partial charge in [-0.05, 0) is 51.8 Å². The number of amides is 2. The van der Waals surface area contributed by atoms with E-state index in [9.17, 15) is 9.59 Å². The third-order valence-electron chi connectivity index (χ3n) is 4.19. The number of hydrogen-bond donors (Lipinski definition) is 2. The highest BCUT2D eigenvalue weighted by atomic mass is 79.9. The number of ether oxygens (including phenoxy) is 2. The van der Waals surface area contributed by atoms with Crippen molar-refractivity contribution in [2.45, 2.75) is 6.42 Å². The SMILES string of the molecule is O=C(COc1ccc(Br)cc1Br)NNC(=O)c1ccccc1OCCc1ccccc1. The fourth-order valence-electron chi connectivity index (χ4n) is 2.67. The molecule has 0 fully saturated rings. The molecule has 0 heterocycles.